The number of aliphatic hydroxyl groups is 1. The molecule has 0 radical (unpaired) electrons. The van der Waals surface area contributed by atoms with E-state index in [1.54, 1.807) is 31.2 Å². The largest absolute Gasteiger partial charge is 0.373 e. The summed E-state index contributed by atoms with van der Waals surface area (Å²) in [6.07, 6.45) is 0. The van der Waals surface area contributed by atoms with E-state index in [2.05, 4.69) is 12.3 Å². The lowest BCUT2D eigenvalue weighted by Crippen LogP contribution is -2.34. The first kappa shape index (κ1) is 11.4. The van der Waals surface area contributed by atoms with Gasteiger partial charge in [-0.15, -0.1) is 5.73 Å². The molecule has 1 N–H and O–H groups in total. The maximum atomic E-state index is 11.5. The lowest BCUT2D eigenvalue weighted by Gasteiger charge is -2.25. The van der Waals surface area contributed by atoms with Gasteiger partial charge in [0.05, 0.1) is 0 Å². The van der Waals surface area contributed by atoms with Crippen molar-refractivity contribution in [1.82, 2.24) is 0 Å². The molecule has 2 nitrogen and oxygen atoms in total. The Hall–Kier alpha value is -1.63. The summed E-state index contributed by atoms with van der Waals surface area (Å²) >= 11 is 0. The summed E-state index contributed by atoms with van der Waals surface area (Å²) in [6.45, 7) is 6.46. The van der Waals surface area contributed by atoms with Crippen LogP contribution in [0.3, 0.4) is 0 Å². The van der Waals surface area contributed by atoms with Crippen molar-refractivity contribution in [3.8, 4) is 0 Å². The van der Waals surface area contributed by atoms with Gasteiger partial charge in [-0.05, 0) is 19.4 Å². The number of hydrogen-bond donors (Lipinski definition) is 1. The van der Waals surface area contributed by atoms with E-state index in [0.29, 0.717) is 11.1 Å². The fourth-order valence-electron chi connectivity index (χ4n) is 1.49. The highest BCUT2D eigenvalue weighted by atomic mass is 16.3. The fraction of sp³-hybridized carbons (Fsp3) is 0.231. The Bertz CT molecular complexity index is 413. The van der Waals surface area contributed by atoms with Gasteiger partial charge in [0.2, 0.25) is 0 Å². The van der Waals surface area contributed by atoms with E-state index in [1.807, 2.05) is 6.07 Å². The lowest BCUT2D eigenvalue weighted by atomic mass is 9.84. The summed E-state index contributed by atoms with van der Waals surface area (Å²) in [5.74, 6) is -0.331. The predicted octanol–water partition coefficient (Wildman–Crippen LogP) is 2.19. The Kier molecular flexibility index (Phi) is 3.25. The highest BCUT2D eigenvalue weighted by molar-refractivity contribution is 5.89. The van der Waals surface area contributed by atoms with Crippen LogP contribution in [0.4, 0.5) is 0 Å². The molecule has 0 amide bonds. The third-order valence-electron chi connectivity index (χ3n) is 2.51. The Morgan fingerprint density at radius 3 is 2.27 bits per heavy atom. The summed E-state index contributed by atoms with van der Waals surface area (Å²) in [5.41, 5.74) is 1.95. The van der Waals surface area contributed by atoms with Crippen LogP contribution < -0.4 is 0 Å². The van der Waals surface area contributed by atoms with Crippen LogP contribution in [-0.4, -0.2) is 10.9 Å². The molecule has 0 aliphatic rings. The zero-order chi connectivity index (χ0) is 11.5. The van der Waals surface area contributed by atoms with Gasteiger partial charge in [-0.1, -0.05) is 36.9 Å². The number of rotatable bonds is 3. The van der Waals surface area contributed by atoms with Gasteiger partial charge in [-0.3, -0.25) is 4.79 Å². The maximum absolute atomic E-state index is 11.5. The van der Waals surface area contributed by atoms with Crippen molar-refractivity contribution in [3.05, 3.63) is 53.8 Å². The quantitative estimate of drug-likeness (QED) is 0.763. The zero-order valence-electron chi connectivity index (χ0n) is 8.95. The molecule has 0 saturated carbocycles. The first-order valence-corrected chi connectivity index (χ1v) is 4.69. The molecular formula is C13H14O2. The Labute approximate surface area is 89.6 Å². The predicted molar refractivity (Wildman–Crippen MR) is 59.3 cm³/mol. The average molecular weight is 202 g/mol. The number of carbonyl (C=O) groups is 1. The van der Waals surface area contributed by atoms with Crippen LogP contribution >= 0.6 is 0 Å². The van der Waals surface area contributed by atoms with Gasteiger partial charge < -0.3 is 5.11 Å². The normalized spacial score (nSPS) is 13.8. The summed E-state index contributed by atoms with van der Waals surface area (Å²) in [7, 11) is 0. The number of Topliss-reactive ketones (excluding diaryl/α,β-unsaturated/α-hetero) is 1. The SMILES string of the molecule is C=C=C(C)C(O)(C(C)=O)c1ccccc1. The number of benzene rings is 1. The first-order valence-electron chi connectivity index (χ1n) is 4.69. The topological polar surface area (TPSA) is 37.3 Å². The molecule has 1 atom stereocenters. The van der Waals surface area contributed by atoms with Gasteiger partial charge in [0.1, 0.15) is 0 Å². The van der Waals surface area contributed by atoms with E-state index in [9.17, 15) is 9.90 Å². The molecule has 1 aromatic rings. The van der Waals surface area contributed by atoms with Gasteiger partial charge in [0, 0.05) is 5.57 Å². The van der Waals surface area contributed by atoms with E-state index in [4.69, 9.17) is 0 Å². The molecule has 0 bridgehead atoms. The Morgan fingerprint density at radius 1 is 1.33 bits per heavy atom. The van der Waals surface area contributed by atoms with E-state index >= 15 is 0 Å². The monoisotopic (exact) mass is 202 g/mol. The van der Waals surface area contributed by atoms with E-state index in [0.717, 1.165) is 0 Å². The molecule has 0 aromatic heterocycles. The number of carbonyl (C=O) groups excluding carboxylic acids is 1. The second kappa shape index (κ2) is 4.26. The Balaban J connectivity index is 3.38. The standard InChI is InChI=1S/C13H14O2/c1-4-10(2)13(15,11(3)14)12-8-6-5-7-9-12/h5-9,15H,1H2,2-3H3. The molecule has 15 heavy (non-hydrogen) atoms. The minimum atomic E-state index is -1.59. The van der Waals surface area contributed by atoms with E-state index < -0.39 is 5.60 Å². The second-order valence-corrected chi connectivity index (χ2v) is 3.43. The molecule has 0 saturated heterocycles. The molecule has 0 aliphatic carbocycles. The van der Waals surface area contributed by atoms with Crippen molar-refractivity contribution in [1.29, 1.82) is 0 Å². The number of hydrogen-bond acceptors (Lipinski definition) is 2. The van der Waals surface area contributed by atoms with Crippen LogP contribution in [0, 0.1) is 0 Å². The van der Waals surface area contributed by atoms with E-state index in [1.165, 1.54) is 6.92 Å². The highest BCUT2D eigenvalue weighted by Gasteiger charge is 2.36. The van der Waals surface area contributed by atoms with Gasteiger partial charge in [0.25, 0.3) is 0 Å². The van der Waals surface area contributed by atoms with Crippen LogP contribution in [0.2, 0.25) is 0 Å². The highest BCUT2D eigenvalue weighted by Crippen LogP contribution is 2.29. The first-order chi connectivity index (χ1) is 7.03. The molecular weight excluding hydrogens is 188 g/mol. The molecule has 1 aromatic carbocycles. The van der Waals surface area contributed by atoms with E-state index in [-0.39, 0.29) is 5.78 Å². The third kappa shape index (κ3) is 1.91. The zero-order valence-corrected chi connectivity index (χ0v) is 8.95. The minimum absolute atomic E-state index is 0.331. The van der Waals surface area contributed by atoms with Crippen LogP contribution in [-0.2, 0) is 10.4 Å². The minimum Gasteiger partial charge on any atom is -0.373 e. The van der Waals surface area contributed by atoms with Crippen LogP contribution in [0.15, 0.2) is 48.2 Å². The molecule has 0 fully saturated rings. The van der Waals surface area contributed by atoms with Crippen molar-refractivity contribution in [2.24, 2.45) is 0 Å². The van der Waals surface area contributed by atoms with Crippen LogP contribution in [0.25, 0.3) is 0 Å². The number of ketones is 1. The van der Waals surface area contributed by atoms with Crippen molar-refractivity contribution < 1.29 is 9.90 Å². The maximum Gasteiger partial charge on any atom is 0.176 e. The smallest absolute Gasteiger partial charge is 0.176 e. The molecule has 78 valence electrons. The van der Waals surface area contributed by atoms with Crippen LogP contribution in [0.1, 0.15) is 19.4 Å². The summed E-state index contributed by atoms with van der Waals surface area (Å²) in [6, 6.07) is 8.81. The van der Waals surface area contributed by atoms with Crippen molar-refractivity contribution >= 4 is 5.78 Å². The lowest BCUT2D eigenvalue weighted by molar-refractivity contribution is -0.132. The van der Waals surface area contributed by atoms with Crippen molar-refractivity contribution in [2.45, 2.75) is 19.4 Å². The van der Waals surface area contributed by atoms with Gasteiger partial charge >= 0.3 is 0 Å². The van der Waals surface area contributed by atoms with Gasteiger partial charge in [-0.2, -0.15) is 0 Å². The van der Waals surface area contributed by atoms with Crippen molar-refractivity contribution in [2.75, 3.05) is 0 Å². The molecule has 0 spiro atoms. The van der Waals surface area contributed by atoms with Crippen molar-refractivity contribution in [3.63, 3.8) is 0 Å². The average Bonchev–Trinajstić information content (AvgIpc) is 2.27. The Morgan fingerprint density at radius 2 is 1.87 bits per heavy atom. The fourth-order valence-corrected chi connectivity index (χ4v) is 1.49. The molecule has 0 heterocycles. The molecule has 0 aliphatic heterocycles. The summed E-state index contributed by atoms with van der Waals surface area (Å²) < 4.78 is 0. The van der Waals surface area contributed by atoms with Gasteiger partial charge in [-0.25, -0.2) is 0 Å². The third-order valence-corrected chi connectivity index (χ3v) is 2.51. The summed E-state index contributed by atoms with van der Waals surface area (Å²) in [5, 5.41) is 10.3. The van der Waals surface area contributed by atoms with Gasteiger partial charge in [0.15, 0.2) is 11.4 Å². The van der Waals surface area contributed by atoms with Crippen LogP contribution in [0.5, 0.6) is 0 Å². The summed E-state index contributed by atoms with van der Waals surface area (Å²) in [4.78, 5) is 11.5. The molecule has 1 rings (SSSR count). The molecule has 2 heteroatoms. The molecule has 1 unspecified atom stereocenters. The second-order valence-electron chi connectivity index (χ2n) is 3.43.